The average Bonchev–Trinajstić information content (AvgIpc) is 2.60. The lowest BCUT2D eigenvalue weighted by atomic mass is 10.1. The van der Waals surface area contributed by atoms with Crippen LogP contribution in [0.2, 0.25) is 10.0 Å². The minimum absolute atomic E-state index is 0.0579. The molecule has 26 heavy (non-hydrogen) atoms. The van der Waals surface area contributed by atoms with Crippen molar-refractivity contribution in [1.82, 2.24) is 14.7 Å². The number of amides is 1. The number of aliphatic hydroxyl groups excluding tert-OH is 1. The predicted octanol–water partition coefficient (Wildman–Crippen LogP) is 2.38. The number of aliphatic hydroxyl groups is 1. The van der Waals surface area contributed by atoms with E-state index in [1.165, 1.54) is 0 Å². The molecule has 0 saturated carbocycles. The molecule has 1 aromatic carbocycles. The second kappa shape index (κ2) is 10.5. The van der Waals surface area contributed by atoms with Gasteiger partial charge < -0.3 is 14.9 Å². The Balaban J connectivity index is 1.67. The normalized spacial score (nSPS) is 17.3. The molecule has 2 rings (SSSR count). The van der Waals surface area contributed by atoms with E-state index in [1.807, 2.05) is 12.1 Å². The lowest BCUT2D eigenvalue weighted by molar-refractivity contribution is -0.131. The summed E-state index contributed by atoms with van der Waals surface area (Å²) < 4.78 is 0. The molecule has 1 aliphatic rings. The second-order valence-electron chi connectivity index (χ2n) is 7.13. The van der Waals surface area contributed by atoms with E-state index in [2.05, 4.69) is 16.8 Å². The Kier molecular flexibility index (Phi) is 8.64. The highest BCUT2D eigenvalue weighted by atomic mass is 35.5. The van der Waals surface area contributed by atoms with Gasteiger partial charge in [0.25, 0.3) is 0 Å². The molecular formula is C19H29Cl2N3O2. The van der Waals surface area contributed by atoms with Crippen LogP contribution in [0.4, 0.5) is 0 Å². The van der Waals surface area contributed by atoms with Gasteiger partial charge in [0.05, 0.1) is 16.1 Å². The maximum Gasteiger partial charge on any atom is 0.222 e. The Hall–Kier alpha value is -0.850. The van der Waals surface area contributed by atoms with Crippen LogP contribution in [0.25, 0.3) is 0 Å². The predicted molar refractivity (Wildman–Crippen MR) is 107 cm³/mol. The van der Waals surface area contributed by atoms with Crippen molar-refractivity contribution in [1.29, 1.82) is 0 Å². The third kappa shape index (κ3) is 7.05. The zero-order valence-electron chi connectivity index (χ0n) is 15.6. The summed E-state index contributed by atoms with van der Waals surface area (Å²) in [6.45, 7) is 4.98. The number of carbonyl (C=O) groups excluding carboxylic acids is 1. The minimum Gasteiger partial charge on any atom is -0.390 e. The molecule has 1 N–H and O–H groups in total. The zero-order chi connectivity index (χ0) is 19.1. The Bertz CT molecular complexity index is 592. The van der Waals surface area contributed by atoms with Gasteiger partial charge >= 0.3 is 0 Å². The van der Waals surface area contributed by atoms with Crippen molar-refractivity contribution in [2.45, 2.75) is 25.4 Å². The number of hydrogen-bond acceptors (Lipinski definition) is 4. The summed E-state index contributed by atoms with van der Waals surface area (Å²) in [6.07, 6.45) is 1.47. The first-order chi connectivity index (χ1) is 12.3. The standard InChI is InChI=1S/C19H29Cl2N3O2/c1-22-8-10-24(11-9-22)14-16(25)13-23(2)19(26)5-3-4-15-6-7-17(20)18(21)12-15/h6-7,12,16,25H,3-5,8-11,13-14H2,1-2H3/t16-/m1/s1. The summed E-state index contributed by atoms with van der Waals surface area (Å²) in [4.78, 5) is 18.4. The molecule has 0 aromatic heterocycles. The van der Waals surface area contributed by atoms with Crippen LogP contribution in [-0.4, -0.2) is 85.2 Å². The molecule has 146 valence electrons. The van der Waals surface area contributed by atoms with E-state index in [1.54, 1.807) is 18.0 Å². The number of benzene rings is 1. The highest BCUT2D eigenvalue weighted by Crippen LogP contribution is 2.23. The Morgan fingerprint density at radius 2 is 1.92 bits per heavy atom. The average molecular weight is 402 g/mol. The molecule has 5 nitrogen and oxygen atoms in total. The number of rotatable bonds is 8. The molecule has 1 heterocycles. The van der Waals surface area contributed by atoms with Gasteiger partial charge in [0.2, 0.25) is 5.91 Å². The minimum atomic E-state index is -0.512. The van der Waals surface area contributed by atoms with Gasteiger partial charge in [-0.1, -0.05) is 29.3 Å². The third-order valence-electron chi connectivity index (χ3n) is 4.82. The molecule has 1 amide bonds. The van der Waals surface area contributed by atoms with Crippen molar-refractivity contribution in [3.63, 3.8) is 0 Å². The molecular weight excluding hydrogens is 373 g/mol. The number of piperazine rings is 1. The number of hydrogen-bond donors (Lipinski definition) is 1. The summed E-state index contributed by atoms with van der Waals surface area (Å²) in [5.41, 5.74) is 1.07. The molecule has 0 radical (unpaired) electrons. The Labute approximate surface area is 166 Å². The first-order valence-electron chi connectivity index (χ1n) is 9.12. The fourth-order valence-corrected chi connectivity index (χ4v) is 3.45. The van der Waals surface area contributed by atoms with Gasteiger partial charge in [-0.3, -0.25) is 9.69 Å². The molecule has 0 aliphatic carbocycles. The summed E-state index contributed by atoms with van der Waals surface area (Å²) >= 11 is 11.9. The van der Waals surface area contributed by atoms with Gasteiger partial charge in [0.1, 0.15) is 0 Å². The van der Waals surface area contributed by atoms with Crippen LogP contribution >= 0.6 is 23.2 Å². The quantitative estimate of drug-likeness (QED) is 0.726. The van der Waals surface area contributed by atoms with Gasteiger partial charge in [-0.25, -0.2) is 0 Å². The lowest BCUT2D eigenvalue weighted by Gasteiger charge is -2.34. The van der Waals surface area contributed by atoms with Crippen molar-refractivity contribution in [3.8, 4) is 0 Å². The van der Waals surface area contributed by atoms with Crippen LogP contribution < -0.4 is 0 Å². The number of nitrogens with zero attached hydrogens (tertiary/aromatic N) is 3. The van der Waals surface area contributed by atoms with Gasteiger partial charge in [0, 0.05) is 52.7 Å². The van der Waals surface area contributed by atoms with Crippen molar-refractivity contribution >= 4 is 29.1 Å². The molecule has 1 aliphatic heterocycles. The first-order valence-corrected chi connectivity index (χ1v) is 9.87. The van der Waals surface area contributed by atoms with E-state index in [0.29, 0.717) is 29.6 Å². The number of carbonyl (C=O) groups is 1. The number of halogens is 2. The topological polar surface area (TPSA) is 47.0 Å². The summed E-state index contributed by atoms with van der Waals surface area (Å²) in [7, 11) is 3.87. The van der Waals surface area contributed by atoms with E-state index in [0.717, 1.165) is 44.6 Å². The van der Waals surface area contributed by atoms with Gasteiger partial charge in [-0.2, -0.15) is 0 Å². The Morgan fingerprint density at radius 1 is 1.23 bits per heavy atom. The van der Waals surface area contributed by atoms with E-state index >= 15 is 0 Å². The van der Waals surface area contributed by atoms with Crippen LogP contribution in [0.15, 0.2) is 18.2 Å². The van der Waals surface area contributed by atoms with Crippen LogP contribution in [-0.2, 0) is 11.2 Å². The van der Waals surface area contributed by atoms with Gasteiger partial charge in [-0.15, -0.1) is 0 Å². The zero-order valence-corrected chi connectivity index (χ0v) is 17.1. The SMILES string of the molecule is CN1CCN(C[C@H](O)CN(C)C(=O)CCCc2ccc(Cl)c(Cl)c2)CC1. The van der Waals surface area contributed by atoms with E-state index in [9.17, 15) is 9.90 Å². The maximum absolute atomic E-state index is 12.3. The summed E-state index contributed by atoms with van der Waals surface area (Å²) in [6, 6.07) is 5.56. The molecule has 1 aromatic rings. The van der Waals surface area contributed by atoms with Crippen molar-refractivity contribution in [3.05, 3.63) is 33.8 Å². The van der Waals surface area contributed by atoms with Crippen LogP contribution in [0, 0.1) is 0 Å². The van der Waals surface area contributed by atoms with E-state index < -0.39 is 6.10 Å². The van der Waals surface area contributed by atoms with Gasteiger partial charge in [0.15, 0.2) is 0 Å². The monoisotopic (exact) mass is 401 g/mol. The molecule has 1 fully saturated rings. The van der Waals surface area contributed by atoms with Crippen molar-refractivity contribution < 1.29 is 9.90 Å². The van der Waals surface area contributed by atoms with E-state index in [4.69, 9.17) is 23.2 Å². The van der Waals surface area contributed by atoms with Crippen molar-refractivity contribution in [2.75, 3.05) is 53.4 Å². The molecule has 1 atom stereocenters. The highest BCUT2D eigenvalue weighted by molar-refractivity contribution is 6.42. The molecule has 0 spiro atoms. The number of β-amino-alcohol motifs (C(OH)–C–C–N with tert-alkyl or cyclic N) is 1. The van der Waals surface area contributed by atoms with Crippen LogP contribution in [0.5, 0.6) is 0 Å². The van der Waals surface area contributed by atoms with Crippen LogP contribution in [0.3, 0.4) is 0 Å². The van der Waals surface area contributed by atoms with Gasteiger partial charge in [-0.05, 0) is 37.6 Å². The lowest BCUT2D eigenvalue weighted by Crippen LogP contribution is -2.48. The van der Waals surface area contributed by atoms with E-state index in [-0.39, 0.29) is 5.91 Å². The number of aryl methyl sites for hydroxylation is 1. The largest absolute Gasteiger partial charge is 0.390 e. The first kappa shape index (κ1) is 21.5. The second-order valence-corrected chi connectivity index (χ2v) is 7.95. The molecule has 0 unspecified atom stereocenters. The van der Waals surface area contributed by atoms with Crippen molar-refractivity contribution in [2.24, 2.45) is 0 Å². The highest BCUT2D eigenvalue weighted by Gasteiger charge is 2.19. The fourth-order valence-electron chi connectivity index (χ4n) is 3.13. The summed E-state index contributed by atoms with van der Waals surface area (Å²) in [5, 5.41) is 11.4. The summed E-state index contributed by atoms with van der Waals surface area (Å²) in [5.74, 6) is 0.0579. The van der Waals surface area contributed by atoms with Crippen LogP contribution in [0.1, 0.15) is 18.4 Å². The fraction of sp³-hybridized carbons (Fsp3) is 0.632. The molecule has 0 bridgehead atoms. The number of likely N-dealkylation sites (N-methyl/N-ethyl adjacent to an activating group) is 2. The third-order valence-corrected chi connectivity index (χ3v) is 5.55. The smallest absolute Gasteiger partial charge is 0.222 e. The molecule has 7 heteroatoms. The molecule has 1 saturated heterocycles. The maximum atomic E-state index is 12.3. The Morgan fingerprint density at radius 3 is 2.58 bits per heavy atom.